The van der Waals surface area contributed by atoms with Gasteiger partial charge in [0.05, 0.1) is 23.8 Å². The molecule has 190 valence electrons. The summed E-state index contributed by atoms with van der Waals surface area (Å²) >= 11 is 0. The minimum Gasteiger partial charge on any atom is -0.467 e. The van der Waals surface area contributed by atoms with Crippen LogP contribution in [0.5, 0.6) is 0 Å². The van der Waals surface area contributed by atoms with Crippen molar-refractivity contribution in [2.75, 3.05) is 13.7 Å². The summed E-state index contributed by atoms with van der Waals surface area (Å²) in [6.07, 6.45) is -5.20. The summed E-state index contributed by atoms with van der Waals surface area (Å²) in [4.78, 5) is 50.8. The third-order valence-corrected chi connectivity index (χ3v) is 5.64. The number of hydrogen-bond donors (Lipinski definition) is 0. The molecule has 37 heavy (non-hydrogen) atoms. The van der Waals surface area contributed by atoms with Crippen LogP contribution in [0.1, 0.15) is 31.1 Å². The van der Waals surface area contributed by atoms with Crippen molar-refractivity contribution in [3.63, 3.8) is 0 Å². The van der Waals surface area contributed by atoms with Crippen molar-refractivity contribution in [3.8, 4) is 0 Å². The number of carbonyl (C=O) groups is 4. The summed E-state index contributed by atoms with van der Waals surface area (Å²) in [6.45, 7) is -0.382. The first-order valence-electron chi connectivity index (χ1n) is 11.5. The van der Waals surface area contributed by atoms with Gasteiger partial charge >= 0.3 is 23.9 Å². The van der Waals surface area contributed by atoms with Gasteiger partial charge in [0, 0.05) is 0 Å². The number of methoxy groups -OCH3 is 1. The fraction of sp³-hybridized carbons (Fsp3) is 0.214. The molecular formula is C28H24O9. The number of rotatable bonds is 8. The predicted molar refractivity (Wildman–Crippen MR) is 129 cm³/mol. The van der Waals surface area contributed by atoms with E-state index in [1.54, 1.807) is 78.9 Å². The van der Waals surface area contributed by atoms with Crippen LogP contribution in [0, 0.1) is 0 Å². The van der Waals surface area contributed by atoms with E-state index >= 15 is 0 Å². The molecule has 0 bridgehead atoms. The molecule has 3 aromatic rings. The van der Waals surface area contributed by atoms with Crippen molar-refractivity contribution in [3.05, 3.63) is 108 Å². The molecule has 0 radical (unpaired) electrons. The molecule has 0 N–H and O–H groups in total. The highest BCUT2D eigenvalue weighted by Gasteiger charge is 2.53. The van der Waals surface area contributed by atoms with Gasteiger partial charge in [-0.15, -0.1) is 0 Å². The molecule has 9 nitrogen and oxygen atoms in total. The molecule has 1 fully saturated rings. The second-order valence-corrected chi connectivity index (χ2v) is 8.05. The SMILES string of the molecule is COC(=O)[C@@H]1O[C@H](COC(=O)c2ccccc2)[C@@H](OC(=O)c2ccccc2)[C@H]1OC(=O)c1ccccc1. The maximum Gasteiger partial charge on any atom is 0.339 e. The van der Waals surface area contributed by atoms with Gasteiger partial charge in [0.15, 0.2) is 18.3 Å². The molecule has 0 spiro atoms. The second kappa shape index (κ2) is 12.0. The van der Waals surface area contributed by atoms with E-state index in [1.807, 2.05) is 0 Å². The van der Waals surface area contributed by atoms with Gasteiger partial charge in [0.2, 0.25) is 0 Å². The Morgan fingerprint density at radius 3 is 1.54 bits per heavy atom. The summed E-state index contributed by atoms with van der Waals surface area (Å²) < 4.78 is 27.3. The van der Waals surface area contributed by atoms with E-state index in [0.717, 1.165) is 7.11 Å². The van der Waals surface area contributed by atoms with Crippen LogP contribution in [0.4, 0.5) is 0 Å². The average Bonchev–Trinajstić information content (AvgIpc) is 3.28. The van der Waals surface area contributed by atoms with E-state index in [1.165, 1.54) is 12.1 Å². The first kappa shape index (κ1) is 25.6. The van der Waals surface area contributed by atoms with E-state index in [2.05, 4.69) is 0 Å². The van der Waals surface area contributed by atoms with Crippen molar-refractivity contribution in [1.82, 2.24) is 0 Å². The molecule has 0 amide bonds. The zero-order valence-electron chi connectivity index (χ0n) is 19.9. The zero-order chi connectivity index (χ0) is 26.2. The van der Waals surface area contributed by atoms with Crippen LogP contribution in [-0.2, 0) is 28.5 Å². The minimum absolute atomic E-state index is 0.221. The van der Waals surface area contributed by atoms with E-state index < -0.39 is 48.3 Å². The van der Waals surface area contributed by atoms with Crippen molar-refractivity contribution in [1.29, 1.82) is 0 Å². The van der Waals surface area contributed by atoms with Gasteiger partial charge in [0.1, 0.15) is 12.7 Å². The highest BCUT2D eigenvalue weighted by molar-refractivity contribution is 5.91. The molecule has 1 heterocycles. The fourth-order valence-corrected chi connectivity index (χ4v) is 3.79. The standard InChI is InChI=1S/C28H24O9/c1-33-28(32)24-23(37-27(31)20-15-9-4-10-16-20)22(36-26(30)19-13-7-3-8-14-19)21(35-24)17-34-25(29)18-11-5-2-6-12-18/h2-16,21-24H,17H2,1H3/t21-,22-,23-,24-/m1/s1. The predicted octanol–water partition coefficient (Wildman–Crippen LogP) is 3.24. The lowest BCUT2D eigenvalue weighted by atomic mass is 10.1. The van der Waals surface area contributed by atoms with Crippen LogP contribution < -0.4 is 0 Å². The summed E-state index contributed by atoms with van der Waals surface area (Å²) in [6, 6.07) is 24.5. The maximum absolute atomic E-state index is 12.9. The van der Waals surface area contributed by atoms with Gasteiger partial charge in [0.25, 0.3) is 0 Å². The Kier molecular flexibility index (Phi) is 8.27. The largest absolute Gasteiger partial charge is 0.467 e. The van der Waals surface area contributed by atoms with E-state index in [9.17, 15) is 19.2 Å². The lowest BCUT2D eigenvalue weighted by Crippen LogP contribution is -2.44. The Morgan fingerprint density at radius 1 is 0.649 bits per heavy atom. The Labute approximate surface area is 212 Å². The van der Waals surface area contributed by atoms with E-state index in [4.69, 9.17) is 23.7 Å². The van der Waals surface area contributed by atoms with Crippen molar-refractivity contribution in [2.24, 2.45) is 0 Å². The Morgan fingerprint density at radius 2 is 1.08 bits per heavy atom. The van der Waals surface area contributed by atoms with E-state index in [-0.39, 0.29) is 17.7 Å². The van der Waals surface area contributed by atoms with Crippen molar-refractivity contribution in [2.45, 2.75) is 24.4 Å². The Hall–Kier alpha value is -4.50. The topological polar surface area (TPSA) is 114 Å². The summed E-state index contributed by atoms with van der Waals surface area (Å²) in [5.74, 6) is -2.98. The van der Waals surface area contributed by atoms with Gasteiger partial charge in [-0.2, -0.15) is 0 Å². The molecule has 4 atom stereocenters. The first-order valence-corrected chi connectivity index (χ1v) is 11.5. The van der Waals surface area contributed by atoms with Crippen LogP contribution in [0.3, 0.4) is 0 Å². The number of ether oxygens (including phenoxy) is 5. The third kappa shape index (κ3) is 6.20. The molecule has 1 aliphatic heterocycles. The molecule has 9 heteroatoms. The molecule has 0 aliphatic carbocycles. The molecule has 1 saturated heterocycles. The van der Waals surface area contributed by atoms with Crippen molar-refractivity contribution >= 4 is 23.9 Å². The Balaban J connectivity index is 1.60. The number of esters is 4. The smallest absolute Gasteiger partial charge is 0.339 e. The van der Waals surface area contributed by atoms with Crippen LogP contribution in [0.2, 0.25) is 0 Å². The molecule has 4 rings (SSSR count). The summed E-state index contributed by atoms with van der Waals surface area (Å²) in [5, 5.41) is 0. The molecule has 3 aromatic carbocycles. The lowest BCUT2D eigenvalue weighted by Gasteiger charge is -2.24. The number of benzene rings is 3. The van der Waals surface area contributed by atoms with Gasteiger partial charge < -0.3 is 23.7 Å². The highest BCUT2D eigenvalue weighted by Crippen LogP contribution is 2.30. The monoisotopic (exact) mass is 504 g/mol. The first-order chi connectivity index (χ1) is 18.0. The quantitative estimate of drug-likeness (QED) is 0.337. The van der Waals surface area contributed by atoms with Crippen LogP contribution in [0.15, 0.2) is 91.0 Å². The minimum atomic E-state index is -1.42. The van der Waals surface area contributed by atoms with Gasteiger partial charge in [-0.25, -0.2) is 19.2 Å². The summed E-state index contributed by atoms with van der Waals surface area (Å²) in [5.41, 5.74) is 0.755. The lowest BCUT2D eigenvalue weighted by molar-refractivity contribution is -0.157. The molecule has 0 saturated carbocycles. The van der Waals surface area contributed by atoms with Crippen molar-refractivity contribution < 1.29 is 42.9 Å². The zero-order valence-corrected chi connectivity index (χ0v) is 19.9. The van der Waals surface area contributed by atoms with Gasteiger partial charge in [-0.3, -0.25) is 0 Å². The van der Waals surface area contributed by atoms with Crippen LogP contribution >= 0.6 is 0 Å². The third-order valence-electron chi connectivity index (χ3n) is 5.64. The normalized spacial score (nSPS) is 20.5. The molecule has 1 aliphatic rings. The molecule has 0 aromatic heterocycles. The summed E-state index contributed by atoms with van der Waals surface area (Å²) in [7, 11) is 1.15. The second-order valence-electron chi connectivity index (χ2n) is 8.05. The number of hydrogen-bond acceptors (Lipinski definition) is 9. The van der Waals surface area contributed by atoms with Crippen LogP contribution in [-0.4, -0.2) is 62.0 Å². The molecule has 0 unspecified atom stereocenters. The van der Waals surface area contributed by atoms with Gasteiger partial charge in [-0.05, 0) is 36.4 Å². The van der Waals surface area contributed by atoms with Crippen LogP contribution in [0.25, 0.3) is 0 Å². The van der Waals surface area contributed by atoms with E-state index in [0.29, 0.717) is 5.56 Å². The number of carbonyl (C=O) groups excluding carboxylic acids is 4. The van der Waals surface area contributed by atoms with Gasteiger partial charge in [-0.1, -0.05) is 54.6 Å². The average molecular weight is 504 g/mol. The Bertz CT molecular complexity index is 1230. The highest BCUT2D eigenvalue weighted by atomic mass is 16.7. The molecular weight excluding hydrogens is 480 g/mol. The fourth-order valence-electron chi connectivity index (χ4n) is 3.79. The maximum atomic E-state index is 12.9.